The fraction of sp³-hybridized carbons (Fsp3) is 0.385. The summed E-state index contributed by atoms with van der Waals surface area (Å²) in [4.78, 5) is 17.6. The van der Waals surface area contributed by atoms with Crippen molar-refractivity contribution in [3.8, 4) is 11.3 Å². The molecule has 0 radical (unpaired) electrons. The van der Waals surface area contributed by atoms with Gasteiger partial charge in [0.25, 0.3) is 5.91 Å². The van der Waals surface area contributed by atoms with E-state index in [-0.39, 0.29) is 18.0 Å². The zero-order valence-electron chi connectivity index (χ0n) is 19.4. The molecule has 1 heterocycles. The van der Waals surface area contributed by atoms with Gasteiger partial charge in [-0.05, 0) is 45.7 Å². The number of aryl methyl sites for hydroxylation is 1. The third-order valence-electron chi connectivity index (χ3n) is 6.00. The molecule has 0 N–H and O–H groups in total. The lowest BCUT2D eigenvalue weighted by atomic mass is 10.0. The molecule has 31 heavy (non-hydrogen) atoms. The summed E-state index contributed by atoms with van der Waals surface area (Å²) < 4.78 is 5.83. The molecule has 164 valence electrons. The quantitative estimate of drug-likeness (QED) is 0.454. The van der Waals surface area contributed by atoms with Gasteiger partial charge in [0.05, 0.1) is 12.1 Å². The van der Waals surface area contributed by atoms with Crippen LogP contribution in [-0.2, 0) is 6.54 Å². The molecule has 0 unspecified atom stereocenters. The van der Waals surface area contributed by atoms with Gasteiger partial charge in [0.1, 0.15) is 5.69 Å². The van der Waals surface area contributed by atoms with Crippen molar-refractivity contribution in [1.29, 1.82) is 0 Å². The Kier molecular flexibility index (Phi) is 7.16. The van der Waals surface area contributed by atoms with Crippen molar-refractivity contribution in [3.63, 3.8) is 0 Å². The van der Waals surface area contributed by atoms with Gasteiger partial charge >= 0.3 is 0 Å². The fourth-order valence-electron chi connectivity index (χ4n) is 3.56. The third kappa shape index (κ3) is 4.82. The van der Waals surface area contributed by atoms with E-state index in [1.165, 1.54) is 0 Å². The Hall–Kier alpha value is -3.08. The van der Waals surface area contributed by atoms with Crippen LogP contribution in [0.4, 0.5) is 5.88 Å². The molecule has 5 heteroatoms. The number of benzene rings is 2. The molecule has 0 saturated heterocycles. The zero-order chi connectivity index (χ0) is 22.5. The summed E-state index contributed by atoms with van der Waals surface area (Å²) in [6.45, 7) is 10.8. The summed E-state index contributed by atoms with van der Waals surface area (Å²) in [5.41, 5.74) is 4.42. The summed E-state index contributed by atoms with van der Waals surface area (Å²) >= 11 is 0. The number of nitrogens with zero attached hydrogens (tertiary/aromatic N) is 3. The van der Waals surface area contributed by atoms with E-state index in [0.29, 0.717) is 12.4 Å². The molecule has 0 fully saturated rings. The van der Waals surface area contributed by atoms with E-state index >= 15 is 0 Å². The molecule has 3 rings (SSSR count). The maximum atomic E-state index is 13.6. The molecular formula is C26H33N3O2. The minimum atomic E-state index is 0.0332. The molecule has 1 atom stereocenters. The van der Waals surface area contributed by atoms with Crippen LogP contribution in [-0.4, -0.2) is 35.1 Å². The highest BCUT2D eigenvalue weighted by Gasteiger charge is 2.28. The summed E-state index contributed by atoms with van der Waals surface area (Å²) in [7, 11) is 2.00. The van der Waals surface area contributed by atoms with E-state index in [4.69, 9.17) is 4.52 Å². The average Bonchev–Trinajstić information content (AvgIpc) is 3.20. The van der Waals surface area contributed by atoms with Crippen LogP contribution in [0.2, 0.25) is 0 Å². The lowest BCUT2D eigenvalue weighted by Crippen LogP contribution is -2.38. The first-order chi connectivity index (χ1) is 14.8. The molecule has 0 spiro atoms. The second-order valence-corrected chi connectivity index (χ2v) is 8.39. The van der Waals surface area contributed by atoms with Gasteiger partial charge in [0.15, 0.2) is 0 Å². The molecule has 0 saturated carbocycles. The van der Waals surface area contributed by atoms with E-state index in [1.54, 1.807) is 0 Å². The van der Waals surface area contributed by atoms with Crippen molar-refractivity contribution >= 4 is 11.8 Å². The van der Waals surface area contributed by atoms with Gasteiger partial charge in [-0.2, -0.15) is 0 Å². The van der Waals surface area contributed by atoms with Crippen molar-refractivity contribution < 1.29 is 9.32 Å². The number of carbonyl (C=O) groups is 1. The Morgan fingerprint density at radius 1 is 1.03 bits per heavy atom. The van der Waals surface area contributed by atoms with Crippen molar-refractivity contribution in [2.75, 3.05) is 11.9 Å². The van der Waals surface area contributed by atoms with Gasteiger partial charge in [-0.1, -0.05) is 60.6 Å². The van der Waals surface area contributed by atoms with Crippen molar-refractivity contribution in [2.24, 2.45) is 0 Å². The van der Waals surface area contributed by atoms with E-state index in [0.717, 1.165) is 34.4 Å². The number of anilines is 1. The van der Waals surface area contributed by atoms with Crippen molar-refractivity contribution in [2.45, 2.75) is 59.7 Å². The van der Waals surface area contributed by atoms with Crippen molar-refractivity contribution in [1.82, 2.24) is 10.1 Å². The van der Waals surface area contributed by atoms with Crippen LogP contribution < -0.4 is 4.90 Å². The number of amides is 1. The number of carbonyl (C=O) groups excluding carboxylic acids is 1. The smallest absolute Gasteiger partial charge is 0.254 e. The van der Waals surface area contributed by atoms with Crippen LogP contribution in [0, 0.1) is 6.92 Å². The highest BCUT2D eigenvalue weighted by atomic mass is 16.5. The van der Waals surface area contributed by atoms with E-state index in [2.05, 4.69) is 37.8 Å². The van der Waals surface area contributed by atoms with Gasteiger partial charge < -0.3 is 14.3 Å². The topological polar surface area (TPSA) is 49.6 Å². The summed E-state index contributed by atoms with van der Waals surface area (Å²) in [6, 6.07) is 18.1. The number of rotatable bonds is 8. The first-order valence-corrected chi connectivity index (χ1v) is 11.0. The summed E-state index contributed by atoms with van der Waals surface area (Å²) in [5, 5.41) is 4.42. The molecule has 1 aromatic heterocycles. The van der Waals surface area contributed by atoms with Crippen LogP contribution in [0.1, 0.15) is 55.6 Å². The highest BCUT2D eigenvalue weighted by Crippen LogP contribution is 2.34. The van der Waals surface area contributed by atoms with Crippen LogP contribution in [0.25, 0.3) is 11.3 Å². The van der Waals surface area contributed by atoms with Crippen LogP contribution in [0.15, 0.2) is 59.1 Å². The van der Waals surface area contributed by atoms with Crippen molar-refractivity contribution in [3.05, 3.63) is 71.3 Å². The number of aromatic nitrogens is 1. The molecule has 3 aromatic rings. The summed E-state index contributed by atoms with van der Waals surface area (Å²) in [5.74, 6) is 0.741. The maximum Gasteiger partial charge on any atom is 0.254 e. The highest BCUT2D eigenvalue weighted by molar-refractivity contribution is 5.96. The molecule has 0 bridgehead atoms. The van der Waals surface area contributed by atoms with Crippen LogP contribution in [0.3, 0.4) is 0 Å². The molecule has 2 aromatic carbocycles. The normalized spacial score (nSPS) is 12.1. The van der Waals surface area contributed by atoms with Crippen LogP contribution in [0.5, 0.6) is 0 Å². The van der Waals surface area contributed by atoms with Gasteiger partial charge in [0, 0.05) is 30.3 Å². The first kappa shape index (κ1) is 22.6. The minimum Gasteiger partial charge on any atom is -0.341 e. The number of hydrogen-bond acceptors (Lipinski definition) is 4. The van der Waals surface area contributed by atoms with E-state index in [9.17, 15) is 4.79 Å². The predicted molar refractivity (Wildman–Crippen MR) is 126 cm³/mol. The molecule has 0 aliphatic rings. The second-order valence-electron chi connectivity index (χ2n) is 8.39. The molecular weight excluding hydrogens is 386 g/mol. The lowest BCUT2D eigenvalue weighted by Gasteiger charge is -2.30. The number of hydrogen-bond donors (Lipinski definition) is 0. The Morgan fingerprint density at radius 2 is 1.68 bits per heavy atom. The van der Waals surface area contributed by atoms with E-state index in [1.807, 2.05) is 73.5 Å². The fourth-order valence-corrected chi connectivity index (χ4v) is 3.56. The molecule has 0 aliphatic carbocycles. The molecule has 5 nitrogen and oxygen atoms in total. The van der Waals surface area contributed by atoms with Gasteiger partial charge in [-0.25, -0.2) is 0 Å². The van der Waals surface area contributed by atoms with Crippen LogP contribution >= 0.6 is 0 Å². The van der Waals surface area contributed by atoms with Gasteiger partial charge in [-0.3, -0.25) is 4.79 Å². The largest absolute Gasteiger partial charge is 0.341 e. The third-order valence-corrected chi connectivity index (χ3v) is 6.00. The maximum absolute atomic E-state index is 13.6. The van der Waals surface area contributed by atoms with Gasteiger partial charge in [0.2, 0.25) is 5.88 Å². The average molecular weight is 420 g/mol. The van der Waals surface area contributed by atoms with E-state index < -0.39 is 0 Å². The predicted octanol–water partition coefficient (Wildman–Crippen LogP) is 5.94. The zero-order valence-corrected chi connectivity index (χ0v) is 19.4. The lowest BCUT2D eigenvalue weighted by molar-refractivity contribution is 0.0671. The Balaban J connectivity index is 2.09. The molecule has 1 amide bonds. The minimum absolute atomic E-state index is 0.0332. The monoisotopic (exact) mass is 419 g/mol. The Labute approximate surface area is 185 Å². The standard InChI is InChI=1S/C26H33N3O2/c1-7-20(5)29(25(30)22-16-12-11-13-19(22)4)17-23-24(21-14-9-8-10-15-21)27-31-26(23)28(6)18(2)3/h8-16,18,20H,7,17H2,1-6H3/t20-/m0/s1. The Morgan fingerprint density at radius 3 is 2.29 bits per heavy atom. The Bertz CT molecular complexity index is 1010. The second kappa shape index (κ2) is 9.82. The summed E-state index contributed by atoms with van der Waals surface area (Å²) in [6.07, 6.45) is 0.860. The first-order valence-electron chi connectivity index (χ1n) is 11.0. The molecule has 0 aliphatic heterocycles. The SMILES string of the molecule is CC[C@H](C)N(Cc1c(-c2ccccc2)noc1N(C)C(C)C)C(=O)c1ccccc1C. The van der Waals surface area contributed by atoms with Gasteiger partial charge in [-0.15, -0.1) is 0 Å².